The van der Waals surface area contributed by atoms with E-state index in [-0.39, 0.29) is 17.7 Å². The van der Waals surface area contributed by atoms with Crippen LogP contribution in [0.25, 0.3) is 0 Å². The summed E-state index contributed by atoms with van der Waals surface area (Å²) < 4.78 is 0. The minimum atomic E-state index is -0.437. The summed E-state index contributed by atoms with van der Waals surface area (Å²) in [5.41, 5.74) is 1.28. The number of rotatable bonds is 5. The number of thiophene rings is 1. The van der Waals surface area contributed by atoms with Crippen LogP contribution in [0.2, 0.25) is 0 Å². The number of anilines is 1. The van der Waals surface area contributed by atoms with E-state index in [4.69, 9.17) is 0 Å². The molecule has 1 aromatic heterocycles. The van der Waals surface area contributed by atoms with E-state index in [9.17, 15) is 14.4 Å². The lowest BCUT2D eigenvalue weighted by atomic mass is 10.1. The molecule has 2 fully saturated rings. The zero-order valence-corrected chi connectivity index (χ0v) is 17.1. The molecule has 1 unspecified atom stereocenters. The van der Waals surface area contributed by atoms with E-state index in [1.807, 2.05) is 22.4 Å². The van der Waals surface area contributed by atoms with Gasteiger partial charge in [0.05, 0.1) is 6.42 Å². The zero-order chi connectivity index (χ0) is 20.2. The number of nitrogens with one attached hydrogen (secondary N) is 1. The van der Waals surface area contributed by atoms with Gasteiger partial charge >= 0.3 is 0 Å². The molecule has 2 aliphatic rings. The summed E-state index contributed by atoms with van der Waals surface area (Å²) in [5.74, 6) is -0.126. The fourth-order valence-electron chi connectivity index (χ4n) is 4.03. The summed E-state index contributed by atoms with van der Waals surface area (Å²) in [6.45, 7) is 2.24. The van der Waals surface area contributed by atoms with E-state index < -0.39 is 6.04 Å². The number of nitrogens with zero attached hydrogens (tertiary/aromatic N) is 2. The van der Waals surface area contributed by atoms with Crippen LogP contribution in [-0.4, -0.2) is 53.2 Å². The highest BCUT2D eigenvalue weighted by molar-refractivity contribution is 7.10. The molecule has 1 aromatic carbocycles. The van der Waals surface area contributed by atoms with E-state index in [2.05, 4.69) is 5.32 Å². The average Bonchev–Trinajstić information content (AvgIpc) is 3.50. The first kappa shape index (κ1) is 19.6. The molecule has 1 atom stereocenters. The first-order valence-corrected chi connectivity index (χ1v) is 11.0. The van der Waals surface area contributed by atoms with Crippen molar-refractivity contribution in [2.75, 3.05) is 25.0 Å². The SMILES string of the molecule is O=C(Nc1ccc(C(=O)N2CCCC2)cc1)C1CCCN1C(=O)Cc1cccs1. The average molecular weight is 412 g/mol. The molecule has 29 heavy (non-hydrogen) atoms. The topological polar surface area (TPSA) is 69.7 Å². The van der Waals surface area contributed by atoms with Gasteiger partial charge in [-0.05, 0) is 61.4 Å². The van der Waals surface area contributed by atoms with Gasteiger partial charge in [0.15, 0.2) is 0 Å². The minimum Gasteiger partial charge on any atom is -0.339 e. The molecule has 0 bridgehead atoms. The van der Waals surface area contributed by atoms with Crippen molar-refractivity contribution in [1.29, 1.82) is 0 Å². The third-order valence-corrected chi connectivity index (χ3v) is 6.45. The Bertz CT molecular complexity index is 873. The highest BCUT2D eigenvalue weighted by Crippen LogP contribution is 2.22. The molecule has 0 aliphatic carbocycles. The Morgan fingerprint density at radius 1 is 1.00 bits per heavy atom. The van der Waals surface area contributed by atoms with Crippen molar-refractivity contribution in [1.82, 2.24) is 9.80 Å². The van der Waals surface area contributed by atoms with Crippen molar-refractivity contribution in [2.24, 2.45) is 0 Å². The third kappa shape index (κ3) is 4.50. The van der Waals surface area contributed by atoms with Crippen LogP contribution in [0.4, 0.5) is 5.69 Å². The molecule has 0 radical (unpaired) electrons. The van der Waals surface area contributed by atoms with Crippen molar-refractivity contribution >= 4 is 34.7 Å². The molecule has 2 aromatic rings. The van der Waals surface area contributed by atoms with Gasteiger partial charge in [-0.15, -0.1) is 11.3 Å². The Morgan fingerprint density at radius 3 is 2.45 bits per heavy atom. The first-order chi connectivity index (χ1) is 14.1. The Hall–Kier alpha value is -2.67. The number of hydrogen-bond donors (Lipinski definition) is 1. The molecule has 3 heterocycles. The second-order valence-electron chi connectivity index (χ2n) is 7.57. The normalized spacial score (nSPS) is 18.8. The Labute approximate surface area is 174 Å². The maximum absolute atomic E-state index is 12.8. The van der Waals surface area contributed by atoms with Crippen LogP contribution in [-0.2, 0) is 16.0 Å². The van der Waals surface area contributed by atoms with Crippen molar-refractivity contribution in [3.8, 4) is 0 Å². The quantitative estimate of drug-likeness (QED) is 0.822. The number of carbonyl (C=O) groups is 3. The van der Waals surface area contributed by atoms with Crippen molar-refractivity contribution in [3.05, 3.63) is 52.2 Å². The van der Waals surface area contributed by atoms with Gasteiger partial charge in [0, 0.05) is 35.8 Å². The van der Waals surface area contributed by atoms with Crippen LogP contribution < -0.4 is 5.32 Å². The van der Waals surface area contributed by atoms with Crippen molar-refractivity contribution < 1.29 is 14.4 Å². The van der Waals surface area contributed by atoms with Gasteiger partial charge < -0.3 is 15.1 Å². The maximum Gasteiger partial charge on any atom is 0.253 e. The first-order valence-electron chi connectivity index (χ1n) is 10.1. The Morgan fingerprint density at radius 2 is 1.76 bits per heavy atom. The summed E-state index contributed by atoms with van der Waals surface area (Å²) in [4.78, 5) is 42.4. The van der Waals surface area contributed by atoms with Crippen LogP contribution in [0, 0.1) is 0 Å². The van der Waals surface area contributed by atoms with Gasteiger partial charge in [-0.3, -0.25) is 14.4 Å². The molecule has 6 nitrogen and oxygen atoms in total. The van der Waals surface area contributed by atoms with E-state index in [0.717, 1.165) is 37.2 Å². The van der Waals surface area contributed by atoms with Crippen LogP contribution in [0.1, 0.15) is 40.9 Å². The molecule has 7 heteroatoms. The van der Waals surface area contributed by atoms with Crippen molar-refractivity contribution in [3.63, 3.8) is 0 Å². The number of benzene rings is 1. The van der Waals surface area contributed by atoms with E-state index in [0.29, 0.717) is 30.6 Å². The predicted molar refractivity (Wildman–Crippen MR) is 113 cm³/mol. The fourth-order valence-corrected chi connectivity index (χ4v) is 4.72. The van der Waals surface area contributed by atoms with Gasteiger partial charge in [0.25, 0.3) is 5.91 Å². The Balaban J connectivity index is 1.36. The third-order valence-electron chi connectivity index (χ3n) is 5.57. The van der Waals surface area contributed by atoms with E-state index in [1.165, 1.54) is 0 Å². The molecule has 152 valence electrons. The molecule has 1 N–H and O–H groups in total. The molecule has 0 spiro atoms. The number of likely N-dealkylation sites (tertiary alicyclic amines) is 2. The lowest BCUT2D eigenvalue weighted by Gasteiger charge is -2.24. The van der Waals surface area contributed by atoms with Crippen molar-refractivity contribution in [2.45, 2.75) is 38.1 Å². The zero-order valence-electron chi connectivity index (χ0n) is 16.3. The highest BCUT2D eigenvalue weighted by Gasteiger charge is 2.34. The number of amides is 3. The highest BCUT2D eigenvalue weighted by atomic mass is 32.1. The number of hydrogen-bond acceptors (Lipinski definition) is 4. The molecule has 4 rings (SSSR count). The smallest absolute Gasteiger partial charge is 0.253 e. The van der Waals surface area contributed by atoms with Gasteiger partial charge in [-0.25, -0.2) is 0 Å². The summed E-state index contributed by atoms with van der Waals surface area (Å²) in [5, 5.41) is 4.86. The molecule has 0 saturated carbocycles. The maximum atomic E-state index is 12.8. The van der Waals surface area contributed by atoms with Gasteiger partial charge in [-0.2, -0.15) is 0 Å². The lowest BCUT2D eigenvalue weighted by molar-refractivity contribution is -0.136. The summed E-state index contributed by atoms with van der Waals surface area (Å²) >= 11 is 1.56. The molecular weight excluding hydrogens is 386 g/mol. The second-order valence-corrected chi connectivity index (χ2v) is 8.60. The second kappa shape index (κ2) is 8.78. The molecular formula is C22H25N3O3S. The molecule has 3 amide bonds. The van der Waals surface area contributed by atoms with Crippen LogP contribution in [0.3, 0.4) is 0 Å². The van der Waals surface area contributed by atoms with Gasteiger partial charge in [-0.1, -0.05) is 6.07 Å². The summed E-state index contributed by atoms with van der Waals surface area (Å²) in [6.07, 6.45) is 3.96. The Kier molecular flexibility index (Phi) is 5.94. The molecule has 2 saturated heterocycles. The number of carbonyl (C=O) groups excluding carboxylic acids is 3. The van der Waals surface area contributed by atoms with E-state index >= 15 is 0 Å². The van der Waals surface area contributed by atoms with Crippen LogP contribution >= 0.6 is 11.3 Å². The van der Waals surface area contributed by atoms with Crippen LogP contribution in [0.15, 0.2) is 41.8 Å². The van der Waals surface area contributed by atoms with E-state index in [1.54, 1.807) is 40.5 Å². The fraction of sp³-hybridized carbons (Fsp3) is 0.409. The summed E-state index contributed by atoms with van der Waals surface area (Å²) in [7, 11) is 0. The monoisotopic (exact) mass is 411 g/mol. The molecule has 2 aliphatic heterocycles. The largest absolute Gasteiger partial charge is 0.339 e. The lowest BCUT2D eigenvalue weighted by Crippen LogP contribution is -2.43. The standard InChI is InChI=1S/C22H25N3O3S/c26-20(15-18-5-4-14-29-18)25-13-3-6-19(25)21(27)23-17-9-7-16(8-10-17)22(28)24-11-1-2-12-24/h4-5,7-10,14,19H,1-3,6,11-13,15H2,(H,23,27). The predicted octanol–water partition coefficient (Wildman–Crippen LogP) is 3.16. The van der Waals surface area contributed by atoms with Gasteiger partial charge in [0.2, 0.25) is 11.8 Å². The van der Waals surface area contributed by atoms with Crippen LogP contribution in [0.5, 0.6) is 0 Å². The van der Waals surface area contributed by atoms with Gasteiger partial charge in [0.1, 0.15) is 6.04 Å². The summed E-state index contributed by atoms with van der Waals surface area (Å²) in [6, 6.07) is 10.5. The minimum absolute atomic E-state index is 0.00309.